The van der Waals surface area contributed by atoms with Crippen molar-refractivity contribution in [3.05, 3.63) is 22.4 Å². The third kappa shape index (κ3) is 2.73. The maximum Gasteiger partial charge on any atom is 0.0300 e. The van der Waals surface area contributed by atoms with Crippen LogP contribution >= 0.6 is 24.0 Å². The van der Waals surface area contributed by atoms with Crippen LogP contribution in [0.15, 0.2) is 17.5 Å². The Morgan fingerprint density at radius 3 is 3.10 bits per heavy atom. The molecule has 0 amide bonds. The molecule has 0 fully saturated rings. The van der Waals surface area contributed by atoms with Crippen LogP contribution in [-0.2, 0) is 6.54 Å². The monoisotopic (exact) mass is 173 g/mol. The Kier molecular flexibility index (Phi) is 3.87. The number of rotatable bonds is 4. The fourth-order valence-electron chi connectivity index (χ4n) is 0.704. The van der Waals surface area contributed by atoms with Crippen LogP contribution in [0.2, 0.25) is 0 Å². The first-order valence-corrected chi connectivity index (χ1v) is 4.78. The molecule has 10 heavy (non-hydrogen) atoms. The Bertz CT molecular complexity index is 160. The van der Waals surface area contributed by atoms with Gasteiger partial charge in [0.25, 0.3) is 0 Å². The lowest BCUT2D eigenvalue weighted by Crippen LogP contribution is -2.14. The normalized spacial score (nSPS) is 10.1. The highest BCUT2D eigenvalue weighted by Crippen LogP contribution is 2.06. The average molecular weight is 173 g/mol. The zero-order valence-corrected chi connectivity index (χ0v) is 7.42. The van der Waals surface area contributed by atoms with Crippen molar-refractivity contribution in [1.29, 1.82) is 0 Å². The smallest absolute Gasteiger partial charge is 0.0300 e. The quantitative estimate of drug-likeness (QED) is 0.522. The van der Waals surface area contributed by atoms with Gasteiger partial charge in [0.2, 0.25) is 0 Å². The summed E-state index contributed by atoms with van der Waals surface area (Å²) in [6, 6.07) is 4.21. The molecule has 56 valence electrons. The Labute approximate surface area is 70.9 Å². The van der Waals surface area contributed by atoms with Gasteiger partial charge in [0.15, 0.2) is 0 Å². The van der Waals surface area contributed by atoms with Crippen LogP contribution in [-0.4, -0.2) is 12.3 Å². The summed E-state index contributed by atoms with van der Waals surface area (Å²) in [6.07, 6.45) is 0. The largest absolute Gasteiger partial charge is 0.311 e. The van der Waals surface area contributed by atoms with Crippen LogP contribution in [0.4, 0.5) is 0 Å². The molecule has 3 heteroatoms. The molecule has 0 spiro atoms. The molecule has 0 radical (unpaired) electrons. The number of thiophene rings is 1. The van der Waals surface area contributed by atoms with E-state index in [4.69, 9.17) is 0 Å². The van der Waals surface area contributed by atoms with Crippen molar-refractivity contribution < 1.29 is 0 Å². The first kappa shape index (κ1) is 8.11. The Balaban J connectivity index is 2.15. The van der Waals surface area contributed by atoms with Crippen molar-refractivity contribution in [2.24, 2.45) is 0 Å². The molecule has 0 aromatic carbocycles. The van der Waals surface area contributed by atoms with E-state index >= 15 is 0 Å². The van der Waals surface area contributed by atoms with Gasteiger partial charge in [-0.15, -0.1) is 11.3 Å². The van der Waals surface area contributed by atoms with Gasteiger partial charge in [0.05, 0.1) is 0 Å². The van der Waals surface area contributed by atoms with Crippen LogP contribution in [0.5, 0.6) is 0 Å². The van der Waals surface area contributed by atoms with Crippen LogP contribution in [0.3, 0.4) is 0 Å². The van der Waals surface area contributed by atoms with E-state index in [1.165, 1.54) is 4.88 Å². The van der Waals surface area contributed by atoms with E-state index in [9.17, 15) is 0 Å². The molecule has 0 aliphatic carbocycles. The zero-order chi connectivity index (χ0) is 7.23. The minimum absolute atomic E-state index is 0.908. The predicted molar refractivity (Wildman–Crippen MR) is 49.9 cm³/mol. The van der Waals surface area contributed by atoms with Gasteiger partial charge in [-0.2, -0.15) is 12.6 Å². The van der Waals surface area contributed by atoms with Crippen LogP contribution in [0.1, 0.15) is 4.88 Å². The van der Waals surface area contributed by atoms with Crippen LogP contribution in [0, 0.1) is 0 Å². The number of nitrogens with one attached hydrogen (secondary N) is 1. The minimum Gasteiger partial charge on any atom is -0.311 e. The maximum atomic E-state index is 4.09. The van der Waals surface area contributed by atoms with Crippen LogP contribution < -0.4 is 5.32 Å². The average Bonchev–Trinajstić information content (AvgIpc) is 2.41. The first-order valence-electron chi connectivity index (χ1n) is 3.27. The van der Waals surface area contributed by atoms with E-state index in [1.54, 1.807) is 11.3 Å². The van der Waals surface area contributed by atoms with E-state index < -0.39 is 0 Å². The summed E-state index contributed by atoms with van der Waals surface area (Å²) in [5.74, 6) is 0.908. The molecule has 1 aromatic rings. The Hall–Kier alpha value is 0.01000. The van der Waals surface area contributed by atoms with Crippen molar-refractivity contribution in [3.63, 3.8) is 0 Å². The molecule has 0 aliphatic heterocycles. The molecule has 0 unspecified atom stereocenters. The molecule has 0 atom stereocenters. The molecule has 1 rings (SSSR count). The lowest BCUT2D eigenvalue weighted by molar-refractivity contribution is 0.742. The summed E-state index contributed by atoms with van der Waals surface area (Å²) in [5, 5.41) is 5.37. The molecule has 0 bridgehead atoms. The lowest BCUT2D eigenvalue weighted by atomic mass is 10.4. The van der Waals surface area contributed by atoms with Crippen molar-refractivity contribution in [2.45, 2.75) is 6.54 Å². The topological polar surface area (TPSA) is 12.0 Å². The predicted octanol–water partition coefficient (Wildman–Crippen LogP) is 1.77. The number of hydrogen-bond acceptors (Lipinski definition) is 3. The molecule has 0 saturated heterocycles. The van der Waals surface area contributed by atoms with Gasteiger partial charge in [-0.25, -0.2) is 0 Å². The van der Waals surface area contributed by atoms with Crippen molar-refractivity contribution in [2.75, 3.05) is 12.3 Å². The first-order chi connectivity index (χ1) is 4.93. The molecule has 1 N–H and O–H groups in total. The van der Waals surface area contributed by atoms with Crippen molar-refractivity contribution >= 4 is 24.0 Å². The van der Waals surface area contributed by atoms with Crippen molar-refractivity contribution in [3.8, 4) is 0 Å². The second kappa shape index (κ2) is 4.77. The van der Waals surface area contributed by atoms with Gasteiger partial charge in [0.1, 0.15) is 0 Å². The summed E-state index contributed by atoms with van der Waals surface area (Å²) in [7, 11) is 0. The molecule has 0 saturated carbocycles. The highest BCUT2D eigenvalue weighted by atomic mass is 32.1. The summed E-state index contributed by atoms with van der Waals surface area (Å²) in [4.78, 5) is 1.39. The number of thiol groups is 1. The second-order valence-corrected chi connectivity index (χ2v) is 3.46. The highest BCUT2D eigenvalue weighted by molar-refractivity contribution is 7.80. The standard InChI is InChI=1S/C7H11NS2/c9-4-3-8-6-7-2-1-5-10-7/h1-2,5,8-9H,3-4,6H2. The molecule has 1 nitrogen and oxygen atoms in total. The molecular formula is C7H11NS2. The second-order valence-electron chi connectivity index (χ2n) is 1.98. The lowest BCUT2D eigenvalue weighted by Gasteiger charge is -1.97. The molecule has 1 heterocycles. The fourth-order valence-corrected chi connectivity index (χ4v) is 1.54. The van der Waals surface area contributed by atoms with Gasteiger partial charge in [-0.1, -0.05) is 6.07 Å². The molecule has 0 aliphatic rings. The van der Waals surface area contributed by atoms with Crippen LogP contribution in [0.25, 0.3) is 0 Å². The summed E-state index contributed by atoms with van der Waals surface area (Å²) < 4.78 is 0. The van der Waals surface area contributed by atoms with E-state index in [2.05, 4.69) is 35.5 Å². The minimum atomic E-state index is 0.908. The SMILES string of the molecule is SCCNCc1cccs1. The fraction of sp³-hybridized carbons (Fsp3) is 0.429. The Morgan fingerprint density at radius 2 is 2.50 bits per heavy atom. The number of hydrogen-bond donors (Lipinski definition) is 2. The van der Waals surface area contributed by atoms with Gasteiger partial charge in [0, 0.05) is 23.7 Å². The third-order valence-corrected chi connectivity index (χ3v) is 2.27. The maximum absolute atomic E-state index is 4.09. The van der Waals surface area contributed by atoms with E-state index in [-0.39, 0.29) is 0 Å². The third-order valence-electron chi connectivity index (χ3n) is 1.17. The summed E-state index contributed by atoms with van der Waals surface area (Å²) >= 11 is 5.88. The van der Waals surface area contributed by atoms with Gasteiger partial charge < -0.3 is 5.32 Å². The Morgan fingerprint density at radius 1 is 1.60 bits per heavy atom. The molecular weight excluding hydrogens is 162 g/mol. The van der Waals surface area contributed by atoms with E-state index in [1.807, 2.05) is 0 Å². The van der Waals surface area contributed by atoms with E-state index in [0.29, 0.717) is 0 Å². The summed E-state index contributed by atoms with van der Waals surface area (Å²) in [6.45, 7) is 1.97. The van der Waals surface area contributed by atoms with Gasteiger partial charge in [-0.3, -0.25) is 0 Å². The zero-order valence-electron chi connectivity index (χ0n) is 5.71. The van der Waals surface area contributed by atoms with Crippen molar-refractivity contribution in [1.82, 2.24) is 5.32 Å². The van der Waals surface area contributed by atoms with Gasteiger partial charge in [-0.05, 0) is 11.4 Å². The van der Waals surface area contributed by atoms with Gasteiger partial charge >= 0.3 is 0 Å². The summed E-state index contributed by atoms with van der Waals surface area (Å²) in [5.41, 5.74) is 0. The molecule has 1 aromatic heterocycles. The van der Waals surface area contributed by atoms with E-state index in [0.717, 1.165) is 18.8 Å². The highest BCUT2D eigenvalue weighted by Gasteiger charge is 1.89.